The van der Waals surface area contributed by atoms with Gasteiger partial charge in [-0.2, -0.15) is 5.10 Å². The highest BCUT2D eigenvalue weighted by Crippen LogP contribution is 2.34. The number of nitrogens with one attached hydrogen (secondary N) is 1. The van der Waals surface area contributed by atoms with Crippen molar-refractivity contribution in [3.8, 4) is 0 Å². The summed E-state index contributed by atoms with van der Waals surface area (Å²) in [6.07, 6.45) is 5.93. The highest BCUT2D eigenvalue weighted by molar-refractivity contribution is 6.37. The quantitative estimate of drug-likeness (QED) is 0.113. The average molecular weight is 511 g/mol. The maximum Gasteiger partial charge on any atom is 0.147 e. The van der Waals surface area contributed by atoms with Gasteiger partial charge in [-0.3, -0.25) is 5.01 Å². The molecule has 3 rings (SSSR count). The maximum absolute atomic E-state index is 14.8. The first kappa shape index (κ1) is 27.2. The van der Waals surface area contributed by atoms with E-state index in [0.29, 0.717) is 40.7 Å². The molecule has 0 unspecified atom stereocenters. The number of hydrogen-bond donors (Lipinski definition) is 2. The van der Waals surface area contributed by atoms with Gasteiger partial charge >= 0.3 is 0 Å². The summed E-state index contributed by atoms with van der Waals surface area (Å²) < 4.78 is 29.0. The molecule has 0 amide bonds. The zero-order valence-electron chi connectivity index (χ0n) is 21.3. The van der Waals surface area contributed by atoms with Crippen LogP contribution >= 0.6 is 11.6 Å². The van der Waals surface area contributed by atoms with Crippen molar-refractivity contribution in [3.63, 3.8) is 0 Å². The Morgan fingerprint density at radius 1 is 1.19 bits per heavy atom. The number of rotatable bonds is 10. The molecule has 3 N–H and O–H groups in total. The third-order valence-electron chi connectivity index (χ3n) is 6.03. The van der Waals surface area contributed by atoms with Gasteiger partial charge in [0, 0.05) is 29.9 Å². The second kappa shape index (κ2) is 11.6. The molecule has 0 radical (unpaired) electrons. The van der Waals surface area contributed by atoms with Gasteiger partial charge in [-0.1, -0.05) is 42.0 Å². The average Bonchev–Trinajstić information content (AvgIpc) is 3.67. The molecule has 0 spiro atoms. The van der Waals surface area contributed by atoms with E-state index in [0.717, 1.165) is 29.6 Å². The summed E-state index contributed by atoms with van der Waals surface area (Å²) in [6, 6.07) is 8.20. The van der Waals surface area contributed by atoms with E-state index in [1.165, 1.54) is 12.1 Å². The number of nitrogen functional groups attached to an aromatic ring is 1. The molecule has 1 saturated carbocycles. The lowest BCUT2D eigenvalue weighted by atomic mass is 9.91. The van der Waals surface area contributed by atoms with Crippen molar-refractivity contribution in [1.82, 2.24) is 5.01 Å². The standard InChI is InChI=1S/C29H33ClF2N4/c1-7-9-21(20(8-2)28(17(3)4)34-25-15-10-18(5)16-24(25)32)29(35-36(6)19-11-12-19)22-13-14-23(31)27(33)26(22)30/h7-8,10,13-16,19,34H,1-2,9,11-12,33H2,3-6H3/b21-20+,35-29+. The Morgan fingerprint density at radius 3 is 2.44 bits per heavy atom. The van der Waals surface area contributed by atoms with Crippen molar-refractivity contribution in [3.05, 3.63) is 106 Å². The third kappa shape index (κ3) is 6.05. The smallest absolute Gasteiger partial charge is 0.147 e. The predicted octanol–water partition coefficient (Wildman–Crippen LogP) is 7.77. The molecule has 36 heavy (non-hydrogen) atoms. The molecular formula is C29H33ClF2N4. The minimum Gasteiger partial charge on any atom is -0.395 e. The summed E-state index contributed by atoms with van der Waals surface area (Å²) >= 11 is 6.56. The van der Waals surface area contributed by atoms with Crippen molar-refractivity contribution >= 4 is 28.7 Å². The van der Waals surface area contributed by atoms with E-state index in [1.807, 2.05) is 38.9 Å². The Hall–Kier alpha value is -3.38. The van der Waals surface area contributed by atoms with Crippen LogP contribution in [-0.4, -0.2) is 23.8 Å². The van der Waals surface area contributed by atoms with Crippen LogP contribution in [-0.2, 0) is 0 Å². The first-order valence-electron chi connectivity index (χ1n) is 11.8. The van der Waals surface area contributed by atoms with Crippen molar-refractivity contribution in [2.24, 2.45) is 5.10 Å². The molecule has 1 fully saturated rings. The molecular weight excluding hydrogens is 478 g/mol. The lowest BCUT2D eigenvalue weighted by molar-refractivity contribution is 0.344. The van der Waals surface area contributed by atoms with Crippen LogP contribution < -0.4 is 11.1 Å². The summed E-state index contributed by atoms with van der Waals surface area (Å²) in [7, 11) is 1.90. The van der Waals surface area contributed by atoms with Crippen LogP contribution in [0.2, 0.25) is 5.02 Å². The van der Waals surface area contributed by atoms with E-state index in [-0.39, 0.29) is 16.5 Å². The second-order valence-electron chi connectivity index (χ2n) is 9.15. The molecule has 0 bridgehead atoms. The largest absolute Gasteiger partial charge is 0.395 e. The van der Waals surface area contributed by atoms with Gasteiger partial charge in [-0.05, 0) is 75.4 Å². The number of anilines is 2. The summed E-state index contributed by atoms with van der Waals surface area (Å²) in [4.78, 5) is 0. The first-order valence-corrected chi connectivity index (χ1v) is 12.2. The van der Waals surface area contributed by atoms with Gasteiger partial charge in [0.05, 0.1) is 22.1 Å². The minimum atomic E-state index is -0.599. The number of halogens is 3. The minimum absolute atomic E-state index is 0.0826. The fourth-order valence-electron chi connectivity index (χ4n) is 3.89. The molecule has 7 heteroatoms. The topological polar surface area (TPSA) is 53.6 Å². The van der Waals surface area contributed by atoms with Gasteiger partial charge in [-0.15, -0.1) is 6.58 Å². The number of hydrogen-bond acceptors (Lipinski definition) is 4. The van der Waals surface area contributed by atoms with E-state index in [1.54, 1.807) is 24.3 Å². The Labute approximate surface area is 217 Å². The predicted molar refractivity (Wildman–Crippen MR) is 148 cm³/mol. The summed E-state index contributed by atoms with van der Waals surface area (Å²) in [5.74, 6) is -0.961. The lowest BCUT2D eigenvalue weighted by Gasteiger charge is -2.23. The molecule has 0 atom stereocenters. The lowest BCUT2D eigenvalue weighted by Crippen LogP contribution is -2.21. The number of benzene rings is 2. The van der Waals surface area contributed by atoms with Gasteiger partial charge in [0.1, 0.15) is 11.6 Å². The highest BCUT2D eigenvalue weighted by atomic mass is 35.5. The van der Waals surface area contributed by atoms with Crippen molar-refractivity contribution in [1.29, 1.82) is 0 Å². The van der Waals surface area contributed by atoms with Crippen LogP contribution in [0.4, 0.5) is 20.2 Å². The van der Waals surface area contributed by atoms with Gasteiger partial charge in [0.25, 0.3) is 0 Å². The molecule has 190 valence electrons. The third-order valence-corrected chi connectivity index (χ3v) is 6.44. The van der Waals surface area contributed by atoms with E-state index in [4.69, 9.17) is 22.4 Å². The van der Waals surface area contributed by atoms with Crippen LogP contribution in [0.25, 0.3) is 0 Å². The number of nitrogens with zero attached hydrogens (tertiary/aromatic N) is 2. The van der Waals surface area contributed by atoms with Crippen LogP contribution in [0.1, 0.15) is 44.2 Å². The molecule has 1 aliphatic rings. The number of allylic oxidation sites excluding steroid dienone is 4. The van der Waals surface area contributed by atoms with Gasteiger partial charge in [0.15, 0.2) is 0 Å². The second-order valence-corrected chi connectivity index (χ2v) is 9.53. The molecule has 0 aromatic heterocycles. The van der Waals surface area contributed by atoms with Crippen molar-refractivity contribution in [2.75, 3.05) is 18.1 Å². The Morgan fingerprint density at radius 2 is 1.89 bits per heavy atom. The fourth-order valence-corrected chi connectivity index (χ4v) is 4.13. The number of hydrazone groups is 1. The Bertz CT molecular complexity index is 1270. The van der Waals surface area contributed by atoms with Gasteiger partial charge in [-0.25, -0.2) is 8.78 Å². The molecule has 4 nitrogen and oxygen atoms in total. The number of nitrogens with two attached hydrogens (primary N) is 1. The highest BCUT2D eigenvalue weighted by Gasteiger charge is 2.28. The normalized spacial score (nSPS) is 14.1. The molecule has 0 aliphatic heterocycles. The molecule has 2 aromatic rings. The zero-order valence-corrected chi connectivity index (χ0v) is 22.0. The zero-order chi connectivity index (χ0) is 26.6. The van der Waals surface area contributed by atoms with Crippen LogP contribution in [0.3, 0.4) is 0 Å². The van der Waals surface area contributed by atoms with Crippen LogP contribution in [0, 0.1) is 18.6 Å². The molecule has 0 saturated heterocycles. The van der Waals surface area contributed by atoms with Crippen molar-refractivity contribution in [2.45, 2.75) is 46.1 Å². The first-order chi connectivity index (χ1) is 17.1. The van der Waals surface area contributed by atoms with E-state index >= 15 is 0 Å². The van der Waals surface area contributed by atoms with E-state index < -0.39 is 5.82 Å². The summed E-state index contributed by atoms with van der Waals surface area (Å²) in [5.41, 5.74) is 11.0. The van der Waals surface area contributed by atoms with Gasteiger partial charge in [0.2, 0.25) is 0 Å². The molecule has 2 aromatic carbocycles. The fraction of sp³-hybridized carbons (Fsp3) is 0.276. The number of aryl methyl sites for hydroxylation is 1. The van der Waals surface area contributed by atoms with Gasteiger partial charge < -0.3 is 11.1 Å². The van der Waals surface area contributed by atoms with E-state index in [9.17, 15) is 8.78 Å². The monoisotopic (exact) mass is 510 g/mol. The Balaban J connectivity index is 2.28. The van der Waals surface area contributed by atoms with Crippen molar-refractivity contribution < 1.29 is 8.78 Å². The van der Waals surface area contributed by atoms with Crippen LogP contribution in [0.5, 0.6) is 0 Å². The SMILES string of the molecule is C=CCC(/C(=N\N(C)C1CC1)c1ccc(F)c(N)c1Cl)=C(/C=C)C(Nc1ccc(C)cc1F)=C(C)C. The van der Waals surface area contributed by atoms with E-state index in [2.05, 4.69) is 18.5 Å². The molecule has 1 aliphatic carbocycles. The summed E-state index contributed by atoms with van der Waals surface area (Å²) in [5, 5.41) is 10.1. The Kier molecular flexibility index (Phi) is 8.75. The van der Waals surface area contributed by atoms with Crippen LogP contribution in [0.15, 0.2) is 83.2 Å². The molecule has 0 heterocycles. The maximum atomic E-state index is 14.8. The summed E-state index contributed by atoms with van der Waals surface area (Å²) in [6.45, 7) is 13.7.